The summed E-state index contributed by atoms with van der Waals surface area (Å²) in [4.78, 5) is 19.9. The summed E-state index contributed by atoms with van der Waals surface area (Å²) in [6.07, 6.45) is 0. The van der Waals surface area contributed by atoms with Crippen LogP contribution in [0, 0.1) is 0 Å². The summed E-state index contributed by atoms with van der Waals surface area (Å²) >= 11 is 4.57. The van der Waals surface area contributed by atoms with Gasteiger partial charge >= 0.3 is 99.6 Å². The van der Waals surface area contributed by atoms with E-state index in [1.165, 1.54) is 0 Å². The summed E-state index contributed by atoms with van der Waals surface area (Å²) in [5.74, 6) is -2.22. The maximum absolute atomic E-state index is 9.97. The zero-order chi connectivity index (χ0) is 6.57. The summed E-state index contributed by atoms with van der Waals surface area (Å²) < 4.78 is 7.54. The molecule has 0 bridgehead atoms. The van der Waals surface area contributed by atoms with Gasteiger partial charge in [-0.2, -0.15) is 0 Å². The van der Waals surface area contributed by atoms with E-state index in [1.54, 1.807) is 0 Å². The van der Waals surface area contributed by atoms with E-state index >= 15 is 0 Å². The number of rotatable bonds is 0. The number of hydrogen-bond donors (Lipinski definition) is 0. The molecule has 50 valence electrons. The molecule has 0 spiro atoms. The molecule has 0 rings (SSSR count). The zero-order valence-corrected chi connectivity index (χ0v) is 5.75. The third-order valence-corrected chi connectivity index (χ3v) is 0.745. The van der Waals surface area contributed by atoms with Crippen molar-refractivity contribution in [2.24, 2.45) is 0 Å². The first-order chi connectivity index (χ1) is 3.72. The Hall–Kier alpha value is 1.17. The predicted molar refractivity (Wildman–Crippen MR) is 26.5 cm³/mol. The monoisotopic (exact) mass is 214 g/mol. The van der Waals surface area contributed by atoms with E-state index in [2.05, 4.69) is 40.3 Å². The SMILES string of the molecule is O=C([O][Mn])C(=O)[O][Mn].[LiH].[LiH]. The van der Waals surface area contributed by atoms with Gasteiger partial charge in [-0.3, -0.25) is 0 Å². The van der Waals surface area contributed by atoms with Crippen molar-refractivity contribution in [3.05, 3.63) is 0 Å². The molecule has 0 N–H and O–H groups in total. The van der Waals surface area contributed by atoms with E-state index < -0.39 is 11.9 Å². The first kappa shape index (κ1) is 17.3. The molecule has 0 saturated carbocycles. The number of hydrogen-bond acceptors (Lipinski definition) is 4. The quantitative estimate of drug-likeness (QED) is 0.336. The van der Waals surface area contributed by atoms with Crippen LogP contribution in [0.25, 0.3) is 0 Å². The summed E-state index contributed by atoms with van der Waals surface area (Å²) in [6.45, 7) is 0. The Labute approximate surface area is 98.8 Å². The minimum absolute atomic E-state index is 0. The van der Waals surface area contributed by atoms with Crippen LogP contribution < -0.4 is 0 Å². The Bertz CT molecular complexity index is 104. The Kier molecular flexibility index (Phi) is 17.6. The molecule has 0 atom stereocenters. The van der Waals surface area contributed by atoms with Gasteiger partial charge in [0.15, 0.2) is 0 Å². The van der Waals surface area contributed by atoms with Crippen molar-refractivity contribution >= 4 is 49.7 Å². The average Bonchev–Trinajstić information content (AvgIpc) is 1.84. The van der Waals surface area contributed by atoms with E-state index in [0.717, 1.165) is 0 Å². The van der Waals surface area contributed by atoms with Crippen LogP contribution in [0.15, 0.2) is 0 Å². The number of carbonyl (C=O) groups excluding carboxylic acids is 2. The van der Waals surface area contributed by atoms with Gasteiger partial charge in [-0.15, -0.1) is 0 Å². The Morgan fingerprint density at radius 1 is 0.900 bits per heavy atom. The molecule has 0 aliphatic heterocycles. The van der Waals surface area contributed by atoms with Gasteiger partial charge in [-0.1, -0.05) is 0 Å². The molecule has 0 aromatic carbocycles. The van der Waals surface area contributed by atoms with Crippen LogP contribution >= 0.6 is 0 Å². The maximum atomic E-state index is 9.97. The Morgan fingerprint density at radius 2 is 1.10 bits per heavy atom. The molecule has 4 nitrogen and oxygen atoms in total. The van der Waals surface area contributed by atoms with Crippen LogP contribution in [0.3, 0.4) is 0 Å². The fourth-order valence-electron chi connectivity index (χ4n) is 0.0630. The van der Waals surface area contributed by atoms with E-state index in [-0.39, 0.29) is 37.7 Å². The van der Waals surface area contributed by atoms with Gasteiger partial charge in [0, 0.05) is 0 Å². The van der Waals surface area contributed by atoms with Crippen molar-refractivity contribution in [3.8, 4) is 0 Å². The minimum atomic E-state index is -1.11. The molecule has 0 amide bonds. The van der Waals surface area contributed by atoms with Crippen molar-refractivity contribution in [2.45, 2.75) is 0 Å². The van der Waals surface area contributed by atoms with Gasteiger partial charge in [0.2, 0.25) is 0 Å². The molecule has 0 radical (unpaired) electrons. The summed E-state index contributed by atoms with van der Waals surface area (Å²) in [6, 6.07) is 0. The van der Waals surface area contributed by atoms with Gasteiger partial charge < -0.3 is 0 Å². The summed E-state index contributed by atoms with van der Waals surface area (Å²) in [5, 5.41) is 0. The van der Waals surface area contributed by atoms with E-state index in [4.69, 9.17) is 0 Å². The van der Waals surface area contributed by atoms with Crippen LogP contribution in [-0.4, -0.2) is 49.7 Å². The fraction of sp³-hybridized carbons (Fsp3) is 0. The molecule has 10 heavy (non-hydrogen) atoms. The van der Waals surface area contributed by atoms with Crippen molar-refractivity contribution in [1.82, 2.24) is 0 Å². The molecular weight excluding hydrogens is 212 g/mol. The van der Waals surface area contributed by atoms with Crippen LogP contribution in [0.5, 0.6) is 0 Å². The molecule has 0 aliphatic carbocycles. The standard InChI is InChI=1S/C2H2O4.2Li.2Mn.2H/c3-1(4)2(5)6;;;;;;/h(H,3,4)(H,5,6);;;;;;/q;;;2*+1;;/p-2. The van der Waals surface area contributed by atoms with E-state index in [9.17, 15) is 9.59 Å². The molecule has 0 heterocycles. The van der Waals surface area contributed by atoms with Gasteiger partial charge in [-0.25, -0.2) is 0 Å². The van der Waals surface area contributed by atoms with Crippen LogP contribution in [-0.2, 0) is 49.9 Å². The van der Waals surface area contributed by atoms with E-state index in [0.29, 0.717) is 0 Å². The average molecular weight is 214 g/mol. The van der Waals surface area contributed by atoms with Crippen molar-refractivity contribution < 1.29 is 49.9 Å². The van der Waals surface area contributed by atoms with E-state index in [1.807, 2.05) is 0 Å². The molecule has 0 unspecified atom stereocenters. The van der Waals surface area contributed by atoms with Crippen LogP contribution in [0.1, 0.15) is 0 Å². The summed E-state index contributed by atoms with van der Waals surface area (Å²) in [7, 11) is 0. The van der Waals surface area contributed by atoms with Crippen LogP contribution in [0.4, 0.5) is 0 Å². The molecule has 0 aromatic rings. The predicted octanol–water partition coefficient (Wildman–Crippen LogP) is -2.30. The topological polar surface area (TPSA) is 52.6 Å². The Balaban J connectivity index is -0.000000245. The van der Waals surface area contributed by atoms with Crippen molar-refractivity contribution in [2.75, 3.05) is 0 Å². The zero-order valence-electron chi connectivity index (χ0n) is 3.39. The normalized spacial score (nSPS) is 6.20. The van der Waals surface area contributed by atoms with Crippen molar-refractivity contribution in [1.29, 1.82) is 0 Å². The second-order valence-electron chi connectivity index (χ2n) is 0.729. The molecular formula is C2H2Li2Mn2O4. The van der Waals surface area contributed by atoms with Gasteiger partial charge in [0.05, 0.1) is 0 Å². The molecule has 0 aliphatic rings. The fourth-order valence-corrected chi connectivity index (χ4v) is 0.260. The van der Waals surface area contributed by atoms with Gasteiger partial charge in [0.1, 0.15) is 0 Å². The molecule has 8 heteroatoms. The second kappa shape index (κ2) is 10.2. The first-order valence-electron chi connectivity index (χ1n) is 1.38. The first-order valence-corrected chi connectivity index (χ1v) is 2.34. The third-order valence-electron chi connectivity index (χ3n) is 0.307. The van der Waals surface area contributed by atoms with Gasteiger partial charge in [0.25, 0.3) is 0 Å². The summed E-state index contributed by atoms with van der Waals surface area (Å²) in [5.41, 5.74) is 0. The second-order valence-corrected chi connectivity index (χ2v) is 1.21. The molecule has 0 saturated heterocycles. The van der Waals surface area contributed by atoms with Gasteiger partial charge in [-0.05, 0) is 0 Å². The van der Waals surface area contributed by atoms with Crippen molar-refractivity contribution in [3.63, 3.8) is 0 Å². The molecule has 0 fully saturated rings. The third kappa shape index (κ3) is 7.28. The number of carbonyl (C=O) groups is 2. The van der Waals surface area contributed by atoms with Crippen LogP contribution in [0.2, 0.25) is 0 Å². The molecule has 0 aromatic heterocycles. The Morgan fingerprint density at radius 3 is 1.20 bits per heavy atom.